The molecule has 0 heterocycles. The van der Waals surface area contributed by atoms with Crippen molar-refractivity contribution in [1.29, 1.82) is 0 Å². The predicted octanol–water partition coefficient (Wildman–Crippen LogP) is 2.73. The average molecular weight is 327 g/mol. The number of benzene rings is 1. The number of carboxylic acids is 2. The second kappa shape index (κ2) is 5.74. The van der Waals surface area contributed by atoms with Crippen molar-refractivity contribution in [2.75, 3.05) is 0 Å². The molecule has 1 aromatic rings. The van der Waals surface area contributed by atoms with Gasteiger partial charge in [-0.3, -0.25) is 9.59 Å². The van der Waals surface area contributed by atoms with E-state index in [4.69, 9.17) is 5.11 Å². The third kappa shape index (κ3) is 2.97. The molecule has 0 aromatic heterocycles. The highest BCUT2D eigenvalue weighted by Gasteiger charge is 2.43. The van der Waals surface area contributed by atoms with Crippen LogP contribution in [0.5, 0.6) is 0 Å². The Kier molecular flexibility index (Phi) is 4.24. The predicted molar refractivity (Wildman–Crippen MR) is 73.4 cm³/mol. The monoisotopic (exact) mass is 326 g/mol. The minimum Gasteiger partial charge on any atom is -0.481 e. The topological polar surface area (TPSA) is 74.6 Å². The molecule has 0 radical (unpaired) electrons. The Morgan fingerprint density at radius 1 is 1.00 bits per heavy atom. The standard InChI is InChI=1S/C14H15BrO4/c15-12-7-11(14(18)19)10(13(16)17)6-9(12)8-4-2-1-3-5-8/h1-5,9-12H,6-7H2,(H,16,17)(H,18,19)/t9-,10+,11+,12-/m0/s1. The fraction of sp³-hybridized carbons (Fsp3) is 0.429. The molecule has 0 bridgehead atoms. The second-order valence-corrected chi connectivity index (χ2v) is 6.07. The summed E-state index contributed by atoms with van der Waals surface area (Å²) in [5.41, 5.74) is 1.06. The fourth-order valence-corrected chi connectivity index (χ4v) is 3.67. The first-order valence-corrected chi connectivity index (χ1v) is 7.07. The molecular formula is C14H15BrO4. The molecule has 1 aliphatic carbocycles. The van der Waals surface area contributed by atoms with Gasteiger partial charge in [0.05, 0.1) is 11.8 Å². The first-order chi connectivity index (χ1) is 9.00. The lowest BCUT2D eigenvalue weighted by Crippen LogP contribution is -2.39. The Hall–Kier alpha value is -1.36. The number of carbonyl (C=O) groups is 2. The third-order valence-corrected chi connectivity index (χ3v) is 4.78. The molecule has 2 N–H and O–H groups in total. The van der Waals surface area contributed by atoms with E-state index >= 15 is 0 Å². The van der Waals surface area contributed by atoms with E-state index in [9.17, 15) is 14.7 Å². The van der Waals surface area contributed by atoms with E-state index < -0.39 is 23.8 Å². The molecule has 1 aromatic carbocycles. The summed E-state index contributed by atoms with van der Waals surface area (Å²) in [5.74, 6) is -3.65. The summed E-state index contributed by atoms with van der Waals surface area (Å²) >= 11 is 3.52. The Labute approximate surface area is 119 Å². The summed E-state index contributed by atoms with van der Waals surface area (Å²) in [6.07, 6.45) is 0.693. The number of rotatable bonds is 3. The van der Waals surface area contributed by atoms with E-state index in [1.165, 1.54) is 0 Å². The highest BCUT2D eigenvalue weighted by atomic mass is 79.9. The number of hydrogen-bond donors (Lipinski definition) is 2. The van der Waals surface area contributed by atoms with Gasteiger partial charge in [-0.1, -0.05) is 46.3 Å². The van der Waals surface area contributed by atoms with E-state index in [0.717, 1.165) is 5.56 Å². The van der Waals surface area contributed by atoms with Gasteiger partial charge < -0.3 is 10.2 Å². The van der Waals surface area contributed by atoms with Crippen LogP contribution in [-0.2, 0) is 9.59 Å². The zero-order valence-electron chi connectivity index (χ0n) is 10.2. The molecule has 4 nitrogen and oxygen atoms in total. The van der Waals surface area contributed by atoms with Gasteiger partial charge in [0.1, 0.15) is 0 Å². The highest BCUT2D eigenvalue weighted by Crippen LogP contribution is 2.43. The zero-order valence-corrected chi connectivity index (χ0v) is 11.8. The molecule has 1 fully saturated rings. The van der Waals surface area contributed by atoms with Crippen molar-refractivity contribution in [2.24, 2.45) is 11.8 Å². The normalized spacial score (nSPS) is 30.8. The summed E-state index contributed by atoms with van der Waals surface area (Å²) < 4.78 is 0. The van der Waals surface area contributed by atoms with Crippen molar-refractivity contribution < 1.29 is 19.8 Å². The number of hydrogen-bond acceptors (Lipinski definition) is 2. The van der Waals surface area contributed by atoms with Crippen molar-refractivity contribution in [2.45, 2.75) is 23.6 Å². The van der Waals surface area contributed by atoms with Crippen molar-refractivity contribution in [3.05, 3.63) is 35.9 Å². The smallest absolute Gasteiger partial charge is 0.307 e. The summed E-state index contributed by atoms with van der Waals surface area (Å²) in [7, 11) is 0. The number of halogens is 1. The van der Waals surface area contributed by atoms with Gasteiger partial charge in [-0.05, 0) is 24.3 Å². The van der Waals surface area contributed by atoms with Gasteiger partial charge in [0, 0.05) is 4.83 Å². The van der Waals surface area contributed by atoms with Crippen molar-refractivity contribution in [3.63, 3.8) is 0 Å². The number of aliphatic carboxylic acids is 2. The lowest BCUT2D eigenvalue weighted by molar-refractivity contribution is -0.155. The molecule has 0 spiro atoms. The summed E-state index contributed by atoms with van der Waals surface area (Å²) in [4.78, 5) is 22.4. The van der Waals surface area contributed by atoms with E-state index in [0.29, 0.717) is 12.8 Å². The van der Waals surface area contributed by atoms with Crippen LogP contribution >= 0.6 is 15.9 Å². The van der Waals surface area contributed by atoms with Crippen LogP contribution in [0.15, 0.2) is 30.3 Å². The lowest BCUT2D eigenvalue weighted by atomic mass is 9.72. The first-order valence-electron chi connectivity index (χ1n) is 6.15. The molecule has 0 aliphatic heterocycles. The largest absolute Gasteiger partial charge is 0.481 e. The van der Waals surface area contributed by atoms with E-state index in [1.54, 1.807) is 0 Å². The molecule has 102 valence electrons. The Morgan fingerprint density at radius 2 is 1.53 bits per heavy atom. The maximum absolute atomic E-state index is 11.3. The first kappa shape index (κ1) is 14.1. The second-order valence-electron chi connectivity index (χ2n) is 4.89. The number of carboxylic acid groups (broad SMARTS) is 2. The van der Waals surface area contributed by atoms with Gasteiger partial charge in [-0.25, -0.2) is 0 Å². The maximum atomic E-state index is 11.3. The van der Waals surface area contributed by atoms with Gasteiger partial charge in [-0.2, -0.15) is 0 Å². The SMILES string of the molecule is O=C(O)[C@@H]1C[C@H](Br)[C@H](c2ccccc2)C[C@H]1C(=O)O. The van der Waals surface area contributed by atoms with Crippen LogP contribution in [-0.4, -0.2) is 27.0 Å². The van der Waals surface area contributed by atoms with Crippen LogP contribution in [0, 0.1) is 11.8 Å². The molecule has 2 rings (SSSR count). The maximum Gasteiger partial charge on any atom is 0.307 e. The molecule has 0 saturated heterocycles. The fourth-order valence-electron chi connectivity index (χ4n) is 2.75. The van der Waals surface area contributed by atoms with Crippen LogP contribution in [0.1, 0.15) is 24.3 Å². The molecular weight excluding hydrogens is 312 g/mol. The van der Waals surface area contributed by atoms with Crippen LogP contribution in [0.2, 0.25) is 0 Å². The summed E-state index contributed by atoms with van der Waals surface area (Å²) in [5, 5.41) is 18.4. The minimum absolute atomic E-state index is 0.00778. The van der Waals surface area contributed by atoms with Crippen molar-refractivity contribution in [3.8, 4) is 0 Å². The van der Waals surface area contributed by atoms with E-state index in [1.807, 2.05) is 30.3 Å². The summed E-state index contributed by atoms with van der Waals surface area (Å²) in [6.45, 7) is 0. The average Bonchev–Trinajstić information content (AvgIpc) is 2.39. The van der Waals surface area contributed by atoms with Gasteiger partial charge in [0.15, 0.2) is 0 Å². The van der Waals surface area contributed by atoms with E-state index in [-0.39, 0.29) is 10.7 Å². The molecule has 1 aliphatic rings. The summed E-state index contributed by atoms with van der Waals surface area (Å²) in [6, 6.07) is 9.64. The van der Waals surface area contributed by atoms with Crippen molar-refractivity contribution in [1.82, 2.24) is 0 Å². The molecule has 0 amide bonds. The molecule has 19 heavy (non-hydrogen) atoms. The van der Waals surface area contributed by atoms with Crippen molar-refractivity contribution >= 4 is 27.9 Å². The Morgan fingerprint density at radius 3 is 2.05 bits per heavy atom. The minimum atomic E-state index is -1.02. The lowest BCUT2D eigenvalue weighted by Gasteiger charge is -2.35. The Balaban J connectivity index is 2.25. The molecule has 1 saturated carbocycles. The van der Waals surface area contributed by atoms with Crippen LogP contribution < -0.4 is 0 Å². The van der Waals surface area contributed by atoms with Gasteiger partial charge in [0.2, 0.25) is 0 Å². The van der Waals surface area contributed by atoms with Gasteiger partial charge >= 0.3 is 11.9 Å². The van der Waals surface area contributed by atoms with Gasteiger partial charge in [0.25, 0.3) is 0 Å². The van der Waals surface area contributed by atoms with Crippen LogP contribution in [0.25, 0.3) is 0 Å². The van der Waals surface area contributed by atoms with Crippen LogP contribution in [0.4, 0.5) is 0 Å². The quantitative estimate of drug-likeness (QED) is 0.837. The van der Waals surface area contributed by atoms with Gasteiger partial charge in [-0.15, -0.1) is 0 Å². The molecule has 5 heteroatoms. The number of alkyl halides is 1. The van der Waals surface area contributed by atoms with E-state index in [2.05, 4.69) is 15.9 Å². The molecule has 4 atom stereocenters. The highest BCUT2D eigenvalue weighted by molar-refractivity contribution is 9.09. The molecule has 0 unspecified atom stereocenters. The van der Waals surface area contributed by atoms with Crippen LogP contribution in [0.3, 0.4) is 0 Å². The Bertz CT molecular complexity index is 474. The zero-order chi connectivity index (χ0) is 14.0. The third-order valence-electron chi connectivity index (χ3n) is 3.77.